The lowest BCUT2D eigenvalue weighted by Crippen LogP contribution is -2.07. The van der Waals surface area contributed by atoms with E-state index in [1.54, 1.807) is 18.7 Å². The third kappa shape index (κ3) is 10.0. The van der Waals surface area contributed by atoms with Crippen molar-refractivity contribution in [2.45, 2.75) is 45.7 Å². The van der Waals surface area contributed by atoms with Crippen LogP contribution in [0, 0.1) is 0 Å². The van der Waals surface area contributed by atoms with Gasteiger partial charge in [-0.25, -0.2) is 4.39 Å². The zero-order chi connectivity index (χ0) is 11.5. The lowest BCUT2D eigenvalue weighted by atomic mass is 10.1. The lowest BCUT2D eigenvalue weighted by molar-refractivity contribution is -0.139. The second kappa shape index (κ2) is 10.3. The summed E-state index contributed by atoms with van der Waals surface area (Å²) in [7, 11) is 0. The first-order valence-corrected chi connectivity index (χ1v) is 6.73. The van der Waals surface area contributed by atoms with Crippen LogP contribution in [0.2, 0.25) is 0 Å². The fourth-order valence-electron chi connectivity index (χ4n) is 1.13. The quantitative estimate of drug-likeness (QED) is 0.454. The smallest absolute Gasteiger partial charge is 0.315 e. The molecule has 0 aliphatic heterocycles. The van der Waals surface area contributed by atoms with Gasteiger partial charge in [0.2, 0.25) is 0 Å². The van der Waals surface area contributed by atoms with Crippen LogP contribution < -0.4 is 0 Å². The van der Waals surface area contributed by atoms with E-state index >= 15 is 0 Å². The maximum absolute atomic E-state index is 12.8. The SMILES string of the molecule is CCOC(=O)CSCCCCC(F)CC. The number of alkyl halides is 1. The molecule has 0 heterocycles. The number of ether oxygens (including phenoxy) is 1. The van der Waals surface area contributed by atoms with E-state index in [4.69, 9.17) is 4.74 Å². The van der Waals surface area contributed by atoms with Gasteiger partial charge in [0.1, 0.15) is 0 Å². The molecular weight excluding hydrogens is 215 g/mol. The Morgan fingerprint density at radius 1 is 1.40 bits per heavy atom. The third-order valence-corrected chi connectivity index (χ3v) is 3.04. The minimum Gasteiger partial charge on any atom is -0.465 e. The van der Waals surface area contributed by atoms with Crippen molar-refractivity contribution >= 4 is 17.7 Å². The molecule has 0 amide bonds. The van der Waals surface area contributed by atoms with Gasteiger partial charge in [0.15, 0.2) is 0 Å². The fourth-order valence-corrected chi connectivity index (χ4v) is 1.93. The highest BCUT2D eigenvalue weighted by Crippen LogP contribution is 2.11. The summed E-state index contributed by atoms with van der Waals surface area (Å²) < 4.78 is 17.6. The van der Waals surface area contributed by atoms with E-state index in [0.29, 0.717) is 25.2 Å². The van der Waals surface area contributed by atoms with Crippen LogP contribution >= 0.6 is 11.8 Å². The number of rotatable bonds is 9. The maximum atomic E-state index is 12.8. The Bertz CT molecular complexity index is 165. The summed E-state index contributed by atoms with van der Waals surface area (Å²) in [5.74, 6) is 1.18. The molecule has 0 saturated heterocycles. The van der Waals surface area contributed by atoms with Crippen molar-refractivity contribution in [3.8, 4) is 0 Å². The van der Waals surface area contributed by atoms with Crippen LogP contribution in [-0.2, 0) is 9.53 Å². The number of unbranched alkanes of at least 4 members (excludes halogenated alkanes) is 1. The van der Waals surface area contributed by atoms with E-state index in [1.807, 2.05) is 6.92 Å². The molecule has 0 N–H and O–H groups in total. The van der Waals surface area contributed by atoms with Crippen molar-refractivity contribution in [3.05, 3.63) is 0 Å². The molecule has 0 aromatic heterocycles. The number of esters is 1. The number of thioether (sulfide) groups is 1. The average molecular weight is 236 g/mol. The Kier molecular flexibility index (Phi) is 10.1. The van der Waals surface area contributed by atoms with Crippen molar-refractivity contribution in [3.63, 3.8) is 0 Å². The van der Waals surface area contributed by atoms with Crippen LogP contribution in [0.1, 0.15) is 39.5 Å². The third-order valence-electron chi connectivity index (χ3n) is 2.02. The van der Waals surface area contributed by atoms with E-state index < -0.39 is 6.17 Å². The average Bonchev–Trinajstić information content (AvgIpc) is 2.23. The molecule has 15 heavy (non-hydrogen) atoms. The molecule has 0 fully saturated rings. The summed E-state index contributed by atoms with van der Waals surface area (Å²) in [6, 6.07) is 0. The molecule has 0 radical (unpaired) electrons. The van der Waals surface area contributed by atoms with Gasteiger partial charge in [0.05, 0.1) is 18.5 Å². The summed E-state index contributed by atoms with van der Waals surface area (Å²) in [5, 5.41) is 0. The summed E-state index contributed by atoms with van der Waals surface area (Å²) in [5.41, 5.74) is 0. The standard InChI is InChI=1S/C11H21FO2S/c1-3-10(12)7-5-6-8-15-9-11(13)14-4-2/h10H,3-9H2,1-2H3. The van der Waals surface area contributed by atoms with Gasteiger partial charge in [0.25, 0.3) is 0 Å². The van der Waals surface area contributed by atoms with Crippen LogP contribution in [0.15, 0.2) is 0 Å². The molecule has 1 unspecified atom stereocenters. The second-order valence-corrected chi connectivity index (χ2v) is 4.46. The van der Waals surface area contributed by atoms with E-state index in [9.17, 15) is 9.18 Å². The Balaban J connectivity index is 3.14. The minimum absolute atomic E-state index is 0.153. The summed E-state index contributed by atoms with van der Waals surface area (Å²) in [4.78, 5) is 10.9. The first-order chi connectivity index (χ1) is 7.20. The van der Waals surface area contributed by atoms with Crippen molar-refractivity contribution < 1.29 is 13.9 Å². The maximum Gasteiger partial charge on any atom is 0.315 e. The summed E-state index contributed by atoms with van der Waals surface area (Å²) in [6.45, 7) is 4.11. The predicted molar refractivity (Wildman–Crippen MR) is 63.0 cm³/mol. The molecule has 0 aromatic rings. The van der Waals surface area contributed by atoms with Crippen LogP contribution in [0.5, 0.6) is 0 Å². The predicted octanol–water partition coefficient (Wildman–Crippen LogP) is 3.20. The lowest BCUT2D eigenvalue weighted by Gasteiger charge is -2.04. The Morgan fingerprint density at radius 3 is 2.73 bits per heavy atom. The van der Waals surface area contributed by atoms with Gasteiger partial charge in [-0.2, -0.15) is 11.8 Å². The highest BCUT2D eigenvalue weighted by Gasteiger charge is 2.03. The van der Waals surface area contributed by atoms with Gasteiger partial charge < -0.3 is 4.74 Å². The first kappa shape index (κ1) is 14.8. The normalized spacial score (nSPS) is 12.5. The van der Waals surface area contributed by atoms with Gasteiger partial charge in [-0.15, -0.1) is 0 Å². The van der Waals surface area contributed by atoms with Gasteiger partial charge >= 0.3 is 5.97 Å². The molecule has 0 aromatic carbocycles. The van der Waals surface area contributed by atoms with Crippen LogP contribution in [-0.4, -0.2) is 30.3 Å². The summed E-state index contributed by atoms with van der Waals surface area (Å²) in [6.07, 6.45) is 2.49. The van der Waals surface area contributed by atoms with Gasteiger partial charge in [-0.3, -0.25) is 4.79 Å². The number of carbonyl (C=O) groups excluding carboxylic acids is 1. The molecule has 0 rings (SSSR count). The van der Waals surface area contributed by atoms with Crippen molar-refractivity contribution in [2.24, 2.45) is 0 Å². The number of carbonyl (C=O) groups is 1. The van der Waals surface area contributed by atoms with Crippen LogP contribution in [0.25, 0.3) is 0 Å². The Hall–Kier alpha value is -0.250. The molecule has 1 atom stereocenters. The molecule has 0 spiro atoms. The fraction of sp³-hybridized carbons (Fsp3) is 0.909. The topological polar surface area (TPSA) is 26.3 Å². The Labute approximate surface area is 96.0 Å². The molecular formula is C11H21FO2S. The number of hydrogen-bond donors (Lipinski definition) is 0. The molecule has 4 heteroatoms. The zero-order valence-electron chi connectivity index (χ0n) is 9.63. The number of halogens is 1. The van der Waals surface area contributed by atoms with E-state index in [1.165, 1.54) is 0 Å². The van der Waals surface area contributed by atoms with Gasteiger partial charge in [-0.05, 0) is 38.4 Å². The second-order valence-electron chi connectivity index (χ2n) is 3.36. The highest BCUT2D eigenvalue weighted by molar-refractivity contribution is 7.99. The number of hydrogen-bond acceptors (Lipinski definition) is 3. The van der Waals surface area contributed by atoms with Gasteiger partial charge in [-0.1, -0.05) is 6.92 Å². The molecule has 2 nitrogen and oxygen atoms in total. The molecule has 0 saturated carbocycles. The largest absolute Gasteiger partial charge is 0.465 e. The molecule has 0 aliphatic rings. The van der Waals surface area contributed by atoms with Gasteiger partial charge in [0, 0.05) is 0 Å². The summed E-state index contributed by atoms with van der Waals surface area (Å²) >= 11 is 1.56. The van der Waals surface area contributed by atoms with E-state index in [0.717, 1.165) is 18.6 Å². The van der Waals surface area contributed by atoms with E-state index in [2.05, 4.69) is 0 Å². The Morgan fingerprint density at radius 2 is 2.13 bits per heavy atom. The van der Waals surface area contributed by atoms with Crippen LogP contribution in [0.3, 0.4) is 0 Å². The van der Waals surface area contributed by atoms with Crippen molar-refractivity contribution in [1.82, 2.24) is 0 Å². The monoisotopic (exact) mass is 236 g/mol. The highest BCUT2D eigenvalue weighted by atomic mass is 32.2. The van der Waals surface area contributed by atoms with E-state index in [-0.39, 0.29) is 5.97 Å². The van der Waals surface area contributed by atoms with Crippen molar-refractivity contribution in [2.75, 3.05) is 18.1 Å². The molecule has 0 bridgehead atoms. The zero-order valence-corrected chi connectivity index (χ0v) is 10.4. The first-order valence-electron chi connectivity index (χ1n) is 5.58. The molecule has 0 aliphatic carbocycles. The molecule has 90 valence electrons. The van der Waals surface area contributed by atoms with Crippen LogP contribution in [0.4, 0.5) is 4.39 Å². The minimum atomic E-state index is -0.653. The van der Waals surface area contributed by atoms with Crippen molar-refractivity contribution in [1.29, 1.82) is 0 Å².